The second kappa shape index (κ2) is 5.16. The Morgan fingerprint density at radius 1 is 0.833 bits per heavy atom. The minimum Gasteiger partial charge on any atom is -0.299 e. The smallest absolute Gasteiger partial charge is 0.299 e. The first-order chi connectivity index (χ1) is 8.02. The van der Waals surface area contributed by atoms with Gasteiger partial charge in [-0.2, -0.15) is 0 Å². The molecule has 0 radical (unpaired) electrons. The summed E-state index contributed by atoms with van der Waals surface area (Å²) in [7, 11) is -3.31. The molecule has 0 saturated heterocycles. The lowest BCUT2D eigenvalue weighted by Crippen LogP contribution is -2.27. The third-order valence-electron chi connectivity index (χ3n) is 1.86. The van der Waals surface area contributed by atoms with Crippen LogP contribution in [0.4, 0.5) is 0 Å². The molecule has 0 fully saturated rings. The first-order valence-electron chi connectivity index (χ1n) is 6.09. The van der Waals surface area contributed by atoms with E-state index < -0.39 is 18.8 Å². The molecule has 0 aromatic heterocycles. The van der Waals surface area contributed by atoms with Gasteiger partial charge in [-0.15, -0.1) is 0 Å². The Labute approximate surface area is 110 Å². The summed E-state index contributed by atoms with van der Waals surface area (Å²) in [6.07, 6.45) is 0. The van der Waals surface area contributed by atoms with E-state index in [1.165, 1.54) is 0 Å². The lowest BCUT2D eigenvalue weighted by Gasteiger charge is -2.32. The fraction of sp³-hybridized carbons (Fsp3) is 0.571. The zero-order valence-corrected chi connectivity index (χ0v) is 13.0. The summed E-state index contributed by atoms with van der Waals surface area (Å²) in [5.74, 6) is 0. The topological polar surface area (TPSA) is 35.5 Å². The quantitative estimate of drug-likeness (QED) is 0.774. The first kappa shape index (κ1) is 15.4. The number of hydrogen-bond acceptors (Lipinski definition) is 3. The molecule has 0 aliphatic rings. The SMILES string of the molecule is CC(C)(C)OP(=O)(OC(C)(C)C)c1ccccc1. The lowest BCUT2D eigenvalue weighted by molar-refractivity contribution is 0.0548. The normalized spacial score (nSPS) is 13.7. The highest BCUT2D eigenvalue weighted by Gasteiger charge is 2.36. The molecule has 102 valence electrons. The summed E-state index contributed by atoms with van der Waals surface area (Å²) in [6.45, 7) is 11.2. The molecule has 0 bridgehead atoms. The van der Waals surface area contributed by atoms with E-state index in [0.29, 0.717) is 5.30 Å². The van der Waals surface area contributed by atoms with Crippen molar-refractivity contribution in [2.45, 2.75) is 52.7 Å². The van der Waals surface area contributed by atoms with Crippen LogP contribution in [0.15, 0.2) is 30.3 Å². The van der Waals surface area contributed by atoms with E-state index >= 15 is 0 Å². The fourth-order valence-electron chi connectivity index (χ4n) is 1.46. The number of rotatable bonds is 3. The third-order valence-corrected chi connectivity index (χ3v) is 4.37. The van der Waals surface area contributed by atoms with Crippen molar-refractivity contribution in [3.63, 3.8) is 0 Å². The van der Waals surface area contributed by atoms with Gasteiger partial charge in [0.1, 0.15) is 0 Å². The summed E-state index contributed by atoms with van der Waals surface area (Å²) in [6, 6.07) is 9.10. The maximum atomic E-state index is 13.0. The Kier molecular flexibility index (Phi) is 4.42. The molecule has 0 atom stereocenters. The zero-order valence-electron chi connectivity index (χ0n) is 12.1. The standard InChI is InChI=1S/C14H23O3P/c1-13(2,3)16-18(15,17-14(4,5)6)12-10-8-7-9-11-12/h7-11H,1-6H3. The average molecular weight is 270 g/mol. The molecule has 1 rings (SSSR count). The van der Waals surface area contributed by atoms with Crippen molar-refractivity contribution >= 4 is 12.9 Å². The molecule has 0 heterocycles. The summed E-state index contributed by atoms with van der Waals surface area (Å²) < 4.78 is 24.4. The van der Waals surface area contributed by atoms with Crippen LogP contribution in [-0.2, 0) is 13.6 Å². The number of benzene rings is 1. The summed E-state index contributed by atoms with van der Waals surface area (Å²) >= 11 is 0. The highest BCUT2D eigenvalue weighted by Crippen LogP contribution is 2.53. The van der Waals surface area contributed by atoms with Crippen molar-refractivity contribution in [1.29, 1.82) is 0 Å². The minimum atomic E-state index is -3.31. The minimum absolute atomic E-state index is 0.531. The van der Waals surface area contributed by atoms with Crippen molar-refractivity contribution in [2.24, 2.45) is 0 Å². The van der Waals surface area contributed by atoms with Crippen LogP contribution < -0.4 is 5.30 Å². The summed E-state index contributed by atoms with van der Waals surface area (Å²) in [5, 5.41) is 0.592. The second-order valence-corrected chi connectivity index (χ2v) is 8.12. The fourth-order valence-corrected chi connectivity index (χ4v) is 3.68. The zero-order chi connectivity index (χ0) is 14.0. The Balaban J connectivity index is 3.14. The summed E-state index contributed by atoms with van der Waals surface area (Å²) in [4.78, 5) is 0. The van der Waals surface area contributed by atoms with Gasteiger partial charge in [-0.3, -0.25) is 13.6 Å². The Morgan fingerprint density at radius 3 is 1.56 bits per heavy atom. The molecule has 0 N–H and O–H groups in total. The summed E-state index contributed by atoms with van der Waals surface area (Å²) in [5.41, 5.74) is -1.06. The van der Waals surface area contributed by atoms with Crippen LogP contribution in [0.5, 0.6) is 0 Å². The predicted molar refractivity (Wildman–Crippen MR) is 75.4 cm³/mol. The van der Waals surface area contributed by atoms with Gasteiger partial charge in [0.15, 0.2) is 0 Å². The van der Waals surface area contributed by atoms with Gasteiger partial charge >= 0.3 is 7.60 Å². The van der Waals surface area contributed by atoms with Crippen LogP contribution in [0.1, 0.15) is 41.5 Å². The molecule has 18 heavy (non-hydrogen) atoms. The highest BCUT2D eigenvalue weighted by atomic mass is 31.2. The van der Waals surface area contributed by atoms with Crippen LogP contribution in [0.2, 0.25) is 0 Å². The van der Waals surface area contributed by atoms with E-state index in [0.717, 1.165) is 0 Å². The van der Waals surface area contributed by atoms with Crippen molar-refractivity contribution in [2.75, 3.05) is 0 Å². The van der Waals surface area contributed by atoms with E-state index in [1.54, 1.807) is 12.1 Å². The first-order valence-corrected chi connectivity index (χ1v) is 7.63. The Bertz CT molecular complexity index is 407. The predicted octanol–water partition coefficient (Wildman–Crippen LogP) is 4.14. The van der Waals surface area contributed by atoms with E-state index in [2.05, 4.69) is 0 Å². The Hall–Kier alpha value is -0.630. The monoisotopic (exact) mass is 270 g/mol. The van der Waals surface area contributed by atoms with Crippen molar-refractivity contribution in [3.05, 3.63) is 30.3 Å². The van der Waals surface area contributed by atoms with Gasteiger partial charge in [-0.25, -0.2) is 0 Å². The van der Waals surface area contributed by atoms with E-state index in [-0.39, 0.29) is 0 Å². The van der Waals surface area contributed by atoms with Gasteiger partial charge < -0.3 is 0 Å². The van der Waals surface area contributed by atoms with Crippen molar-refractivity contribution < 1.29 is 13.6 Å². The van der Waals surface area contributed by atoms with Crippen molar-refractivity contribution in [1.82, 2.24) is 0 Å². The molecule has 1 aromatic carbocycles. The maximum Gasteiger partial charge on any atom is 0.362 e. The van der Waals surface area contributed by atoms with Gasteiger partial charge in [0.25, 0.3) is 0 Å². The molecule has 0 unspecified atom stereocenters. The van der Waals surface area contributed by atoms with Gasteiger partial charge in [0.05, 0.1) is 16.5 Å². The van der Waals surface area contributed by atoms with Crippen LogP contribution in [0.25, 0.3) is 0 Å². The van der Waals surface area contributed by atoms with Crippen molar-refractivity contribution in [3.8, 4) is 0 Å². The lowest BCUT2D eigenvalue weighted by atomic mass is 10.2. The van der Waals surface area contributed by atoms with Crippen LogP contribution in [-0.4, -0.2) is 11.2 Å². The van der Waals surface area contributed by atoms with Crippen LogP contribution >= 0.6 is 7.60 Å². The molecule has 1 aromatic rings. The Morgan fingerprint density at radius 2 is 1.22 bits per heavy atom. The molecular formula is C14H23O3P. The highest BCUT2D eigenvalue weighted by molar-refractivity contribution is 7.62. The van der Waals surface area contributed by atoms with Crippen LogP contribution in [0, 0.1) is 0 Å². The van der Waals surface area contributed by atoms with Gasteiger partial charge in [0.2, 0.25) is 0 Å². The molecule has 0 saturated carbocycles. The van der Waals surface area contributed by atoms with Gasteiger partial charge in [0, 0.05) is 0 Å². The number of hydrogen-bond donors (Lipinski definition) is 0. The van der Waals surface area contributed by atoms with E-state index in [4.69, 9.17) is 9.05 Å². The van der Waals surface area contributed by atoms with Crippen LogP contribution in [0.3, 0.4) is 0 Å². The maximum absolute atomic E-state index is 13.0. The molecule has 0 amide bonds. The van der Waals surface area contributed by atoms with Gasteiger partial charge in [-0.05, 0) is 53.7 Å². The molecule has 4 heteroatoms. The van der Waals surface area contributed by atoms with E-state index in [9.17, 15) is 4.57 Å². The van der Waals surface area contributed by atoms with E-state index in [1.807, 2.05) is 59.7 Å². The van der Waals surface area contributed by atoms with Gasteiger partial charge in [-0.1, -0.05) is 18.2 Å². The molecule has 3 nitrogen and oxygen atoms in total. The molecule has 0 spiro atoms. The second-order valence-electron chi connectivity index (χ2n) is 6.24. The average Bonchev–Trinajstić information content (AvgIpc) is 2.13. The third kappa shape index (κ3) is 4.93. The molecular weight excluding hydrogens is 247 g/mol. The largest absolute Gasteiger partial charge is 0.362 e. The molecule has 0 aliphatic heterocycles. The molecule has 0 aliphatic carbocycles.